The number of hydrogen-bond donors (Lipinski definition) is 2. The second-order valence-electron chi connectivity index (χ2n) is 5.47. The van der Waals surface area contributed by atoms with Crippen LogP contribution in [0, 0.1) is 0 Å². The number of pyridine rings is 1. The lowest BCUT2D eigenvalue weighted by molar-refractivity contribution is 0.459. The number of fused-ring (bicyclic) bond motifs is 1. The van der Waals surface area contributed by atoms with Crippen LogP contribution < -0.4 is 5.32 Å². The number of phenols is 1. The highest BCUT2D eigenvalue weighted by Crippen LogP contribution is 2.32. The molecule has 118 valence electrons. The molecule has 0 amide bonds. The van der Waals surface area contributed by atoms with E-state index in [9.17, 15) is 5.11 Å². The first-order valence-corrected chi connectivity index (χ1v) is 7.62. The number of phenolic OH excluding ortho intramolecular Hbond substituents is 1. The first kappa shape index (κ1) is 14.3. The van der Waals surface area contributed by atoms with Gasteiger partial charge in [0.1, 0.15) is 5.75 Å². The number of rotatable bonds is 4. The van der Waals surface area contributed by atoms with Gasteiger partial charge in [0, 0.05) is 24.5 Å². The fourth-order valence-electron chi connectivity index (χ4n) is 2.64. The van der Waals surface area contributed by atoms with Crippen LogP contribution in [-0.2, 0) is 6.54 Å². The van der Waals surface area contributed by atoms with E-state index >= 15 is 0 Å². The Hall–Kier alpha value is -3.34. The quantitative estimate of drug-likeness (QED) is 0.590. The van der Waals surface area contributed by atoms with Crippen LogP contribution in [0.1, 0.15) is 5.56 Å². The van der Waals surface area contributed by atoms with Crippen molar-refractivity contribution in [1.82, 2.24) is 10.1 Å². The standard InChI is InChI=1S/C19H15N3O2/c23-17-6-2-1-5-15(17)14-7-8-16-18(10-14)24-22-19(16)21-12-13-4-3-9-20-11-13/h1-11,23H,12H2,(H,21,22). The number of nitrogens with one attached hydrogen (secondary N) is 1. The Morgan fingerprint density at radius 3 is 2.79 bits per heavy atom. The van der Waals surface area contributed by atoms with Gasteiger partial charge in [-0.1, -0.05) is 35.5 Å². The summed E-state index contributed by atoms with van der Waals surface area (Å²) in [6.45, 7) is 0.622. The Balaban J connectivity index is 1.62. The van der Waals surface area contributed by atoms with E-state index in [2.05, 4.69) is 15.5 Å². The molecule has 4 rings (SSSR count). The van der Waals surface area contributed by atoms with Gasteiger partial charge in [0.2, 0.25) is 0 Å². The maximum absolute atomic E-state index is 9.99. The fourth-order valence-corrected chi connectivity index (χ4v) is 2.64. The van der Waals surface area contributed by atoms with Gasteiger partial charge in [0.05, 0.1) is 5.39 Å². The van der Waals surface area contributed by atoms with Gasteiger partial charge in [-0.05, 0) is 35.4 Å². The van der Waals surface area contributed by atoms with Crippen LogP contribution in [0.15, 0.2) is 71.5 Å². The van der Waals surface area contributed by atoms with Gasteiger partial charge in [-0.15, -0.1) is 0 Å². The van der Waals surface area contributed by atoms with Crippen molar-refractivity contribution < 1.29 is 9.63 Å². The van der Waals surface area contributed by atoms with E-state index in [1.54, 1.807) is 18.3 Å². The van der Waals surface area contributed by atoms with Crippen molar-refractivity contribution in [3.05, 3.63) is 72.6 Å². The van der Waals surface area contributed by atoms with E-state index in [1.165, 1.54) is 0 Å². The number of aromatic nitrogens is 2. The van der Waals surface area contributed by atoms with Crippen LogP contribution in [0.25, 0.3) is 22.1 Å². The summed E-state index contributed by atoms with van der Waals surface area (Å²) in [6, 6.07) is 16.9. The smallest absolute Gasteiger partial charge is 0.177 e. The maximum atomic E-state index is 9.99. The van der Waals surface area contributed by atoms with Crippen molar-refractivity contribution >= 4 is 16.8 Å². The number of aromatic hydroxyl groups is 1. The Morgan fingerprint density at radius 1 is 1.04 bits per heavy atom. The number of nitrogens with zero attached hydrogens (tertiary/aromatic N) is 2. The fraction of sp³-hybridized carbons (Fsp3) is 0.0526. The largest absolute Gasteiger partial charge is 0.507 e. The Bertz CT molecular complexity index is 980. The van der Waals surface area contributed by atoms with Gasteiger partial charge >= 0.3 is 0 Å². The highest BCUT2D eigenvalue weighted by atomic mass is 16.5. The third kappa shape index (κ3) is 2.67. The Kier molecular flexibility index (Phi) is 3.59. The Morgan fingerprint density at radius 2 is 1.96 bits per heavy atom. The Labute approximate surface area is 138 Å². The van der Waals surface area contributed by atoms with Crippen LogP contribution in [0.5, 0.6) is 5.75 Å². The summed E-state index contributed by atoms with van der Waals surface area (Å²) in [6.07, 6.45) is 3.56. The number of para-hydroxylation sites is 1. The average molecular weight is 317 g/mol. The van der Waals surface area contributed by atoms with Crippen LogP contribution in [0.4, 0.5) is 5.82 Å². The molecular formula is C19H15N3O2. The summed E-state index contributed by atoms with van der Waals surface area (Å²) in [5, 5.41) is 18.2. The van der Waals surface area contributed by atoms with Crippen molar-refractivity contribution in [3.8, 4) is 16.9 Å². The van der Waals surface area contributed by atoms with E-state index in [0.29, 0.717) is 17.9 Å². The first-order chi connectivity index (χ1) is 11.8. The molecule has 0 bridgehead atoms. The molecule has 2 aromatic carbocycles. The normalized spacial score (nSPS) is 10.8. The van der Waals surface area contributed by atoms with Crippen molar-refractivity contribution in [2.75, 3.05) is 5.32 Å². The lowest BCUT2D eigenvalue weighted by Crippen LogP contribution is -1.99. The molecule has 0 saturated carbocycles. The van der Waals surface area contributed by atoms with Gasteiger partial charge < -0.3 is 14.9 Å². The maximum Gasteiger partial charge on any atom is 0.177 e. The lowest BCUT2D eigenvalue weighted by atomic mass is 10.0. The van der Waals surface area contributed by atoms with Crippen molar-refractivity contribution in [1.29, 1.82) is 0 Å². The van der Waals surface area contributed by atoms with Gasteiger partial charge in [-0.25, -0.2) is 0 Å². The molecule has 5 nitrogen and oxygen atoms in total. The predicted octanol–water partition coefficient (Wildman–Crippen LogP) is 4.21. The second-order valence-corrected chi connectivity index (χ2v) is 5.47. The van der Waals surface area contributed by atoms with Gasteiger partial charge in [0.15, 0.2) is 11.4 Å². The molecule has 5 heteroatoms. The summed E-state index contributed by atoms with van der Waals surface area (Å²) in [7, 11) is 0. The third-order valence-electron chi connectivity index (χ3n) is 3.87. The molecule has 0 spiro atoms. The molecule has 0 radical (unpaired) electrons. The number of anilines is 1. The number of hydrogen-bond acceptors (Lipinski definition) is 5. The lowest BCUT2D eigenvalue weighted by Gasteiger charge is -2.05. The van der Waals surface area contributed by atoms with E-state index in [0.717, 1.165) is 22.1 Å². The average Bonchev–Trinajstić information content (AvgIpc) is 3.03. The molecule has 2 N–H and O–H groups in total. The molecule has 0 saturated heterocycles. The van der Waals surface area contributed by atoms with E-state index < -0.39 is 0 Å². The molecule has 0 aliphatic carbocycles. The van der Waals surface area contributed by atoms with E-state index in [1.807, 2.05) is 48.7 Å². The van der Waals surface area contributed by atoms with Crippen molar-refractivity contribution in [2.24, 2.45) is 0 Å². The van der Waals surface area contributed by atoms with Crippen LogP contribution >= 0.6 is 0 Å². The number of benzene rings is 2. The summed E-state index contributed by atoms with van der Waals surface area (Å²) in [5.74, 6) is 0.934. The predicted molar refractivity (Wildman–Crippen MR) is 92.7 cm³/mol. The SMILES string of the molecule is Oc1ccccc1-c1ccc2c(NCc3cccnc3)noc2c1. The van der Waals surface area contributed by atoms with E-state index in [4.69, 9.17) is 4.52 Å². The first-order valence-electron chi connectivity index (χ1n) is 7.62. The molecule has 2 aromatic heterocycles. The monoisotopic (exact) mass is 317 g/mol. The topological polar surface area (TPSA) is 71.2 Å². The van der Waals surface area contributed by atoms with Crippen LogP contribution in [-0.4, -0.2) is 15.2 Å². The van der Waals surface area contributed by atoms with Crippen LogP contribution in [0.2, 0.25) is 0 Å². The van der Waals surface area contributed by atoms with Gasteiger partial charge in [-0.2, -0.15) is 0 Å². The molecule has 4 aromatic rings. The molecular weight excluding hydrogens is 302 g/mol. The van der Waals surface area contributed by atoms with Crippen molar-refractivity contribution in [3.63, 3.8) is 0 Å². The van der Waals surface area contributed by atoms with E-state index in [-0.39, 0.29) is 5.75 Å². The van der Waals surface area contributed by atoms with Gasteiger partial charge in [-0.3, -0.25) is 4.98 Å². The minimum atomic E-state index is 0.242. The summed E-state index contributed by atoms with van der Waals surface area (Å²) in [5.41, 5.74) is 3.39. The zero-order valence-corrected chi connectivity index (χ0v) is 12.8. The molecule has 0 aliphatic rings. The van der Waals surface area contributed by atoms with Crippen LogP contribution in [0.3, 0.4) is 0 Å². The molecule has 2 heterocycles. The minimum absolute atomic E-state index is 0.242. The molecule has 0 aliphatic heterocycles. The zero-order valence-electron chi connectivity index (χ0n) is 12.8. The summed E-state index contributed by atoms with van der Waals surface area (Å²) in [4.78, 5) is 4.09. The summed E-state index contributed by atoms with van der Waals surface area (Å²) < 4.78 is 5.43. The molecule has 24 heavy (non-hydrogen) atoms. The second kappa shape index (κ2) is 6.04. The molecule has 0 atom stereocenters. The highest BCUT2D eigenvalue weighted by molar-refractivity contribution is 5.91. The summed E-state index contributed by atoms with van der Waals surface area (Å²) >= 11 is 0. The highest BCUT2D eigenvalue weighted by Gasteiger charge is 2.11. The third-order valence-corrected chi connectivity index (χ3v) is 3.87. The van der Waals surface area contributed by atoms with Crippen molar-refractivity contribution in [2.45, 2.75) is 6.54 Å². The molecule has 0 fully saturated rings. The minimum Gasteiger partial charge on any atom is -0.507 e. The zero-order chi connectivity index (χ0) is 16.4. The molecule has 0 unspecified atom stereocenters. The van der Waals surface area contributed by atoms with Gasteiger partial charge in [0.25, 0.3) is 0 Å².